The third kappa shape index (κ3) is 3.27. The zero-order chi connectivity index (χ0) is 15.0. The largest absolute Gasteiger partial charge is 0.387 e. The predicted molar refractivity (Wildman–Crippen MR) is 84.3 cm³/mol. The molecule has 1 aromatic heterocycles. The molecule has 5 heteroatoms. The van der Waals surface area contributed by atoms with Crippen LogP contribution in [0.25, 0.3) is 0 Å². The van der Waals surface area contributed by atoms with E-state index in [1.165, 1.54) is 25.7 Å². The van der Waals surface area contributed by atoms with Gasteiger partial charge in [-0.15, -0.1) is 0 Å². The lowest BCUT2D eigenvalue weighted by molar-refractivity contribution is 0.116. The van der Waals surface area contributed by atoms with Crippen LogP contribution in [0.1, 0.15) is 43.9 Å². The fourth-order valence-corrected chi connectivity index (χ4v) is 4.51. The van der Waals surface area contributed by atoms with E-state index < -0.39 is 6.10 Å². The quantitative estimate of drug-likeness (QED) is 0.878. The number of aromatic nitrogens is 2. The van der Waals surface area contributed by atoms with Gasteiger partial charge in [0.2, 0.25) is 0 Å². The van der Waals surface area contributed by atoms with Crippen LogP contribution in [0.2, 0.25) is 5.02 Å². The monoisotopic (exact) mass is 311 g/mol. The highest BCUT2D eigenvalue weighted by Crippen LogP contribution is 2.51. The molecule has 3 rings (SSSR count). The predicted octanol–water partition coefficient (Wildman–Crippen LogP) is 2.96. The molecule has 0 spiro atoms. The van der Waals surface area contributed by atoms with Crippen LogP contribution < -0.4 is 0 Å². The number of halogens is 1. The van der Waals surface area contributed by atoms with Crippen molar-refractivity contribution in [2.75, 3.05) is 20.6 Å². The molecular weight excluding hydrogens is 286 g/mol. The minimum atomic E-state index is -0.480. The first-order valence-electron chi connectivity index (χ1n) is 8.08. The van der Waals surface area contributed by atoms with Gasteiger partial charge in [0.05, 0.1) is 29.6 Å². The third-order valence-electron chi connectivity index (χ3n) is 5.32. The Labute approximate surface area is 132 Å². The first-order valence-corrected chi connectivity index (χ1v) is 8.46. The number of fused-ring (bicyclic) bond motifs is 2. The molecule has 21 heavy (non-hydrogen) atoms. The summed E-state index contributed by atoms with van der Waals surface area (Å²) in [6, 6.07) is 0. The van der Waals surface area contributed by atoms with Gasteiger partial charge in [0.15, 0.2) is 0 Å². The Balaban J connectivity index is 1.66. The minimum Gasteiger partial charge on any atom is -0.387 e. The summed E-state index contributed by atoms with van der Waals surface area (Å²) in [7, 11) is 4.08. The smallest absolute Gasteiger partial charge is 0.0974 e. The van der Waals surface area contributed by atoms with Crippen molar-refractivity contribution in [3.8, 4) is 0 Å². The average molecular weight is 312 g/mol. The molecule has 118 valence electrons. The van der Waals surface area contributed by atoms with Gasteiger partial charge in [-0.25, -0.2) is 0 Å². The van der Waals surface area contributed by atoms with Crippen LogP contribution in [0.15, 0.2) is 6.20 Å². The van der Waals surface area contributed by atoms with Gasteiger partial charge in [0, 0.05) is 6.54 Å². The van der Waals surface area contributed by atoms with Crippen molar-refractivity contribution < 1.29 is 5.11 Å². The molecule has 2 fully saturated rings. The first kappa shape index (κ1) is 15.3. The summed E-state index contributed by atoms with van der Waals surface area (Å²) < 4.78 is 1.88. The lowest BCUT2D eigenvalue weighted by Gasteiger charge is -2.25. The SMILES string of the molecule is CN(C)CCn1ncc(Cl)c1C(O)CC1CC2CCC1C2. The van der Waals surface area contributed by atoms with Gasteiger partial charge in [-0.1, -0.05) is 18.0 Å². The molecule has 1 aromatic rings. The van der Waals surface area contributed by atoms with E-state index in [0.29, 0.717) is 10.9 Å². The normalized spacial score (nSPS) is 29.5. The maximum Gasteiger partial charge on any atom is 0.0974 e. The van der Waals surface area contributed by atoms with Crippen molar-refractivity contribution in [1.29, 1.82) is 0 Å². The molecule has 0 amide bonds. The number of rotatable bonds is 6. The standard InChI is InChI=1S/C16H26ClN3O/c1-19(2)5-6-20-16(14(17)10-18-20)15(21)9-13-8-11-3-4-12(13)7-11/h10-13,15,21H,3-9H2,1-2H3. The second-order valence-electron chi connectivity index (χ2n) is 7.09. The van der Waals surface area contributed by atoms with E-state index in [-0.39, 0.29) is 0 Å². The topological polar surface area (TPSA) is 41.3 Å². The van der Waals surface area contributed by atoms with E-state index >= 15 is 0 Å². The molecule has 4 nitrogen and oxygen atoms in total. The molecule has 2 aliphatic rings. The molecule has 2 bridgehead atoms. The Kier molecular flexibility index (Phi) is 4.57. The van der Waals surface area contributed by atoms with Crippen molar-refractivity contribution >= 4 is 11.6 Å². The van der Waals surface area contributed by atoms with Gasteiger partial charge < -0.3 is 10.0 Å². The number of aliphatic hydroxyl groups is 1. The first-order chi connectivity index (χ1) is 10.0. The Morgan fingerprint density at radius 2 is 2.24 bits per heavy atom. The van der Waals surface area contributed by atoms with Crippen LogP contribution in [0.5, 0.6) is 0 Å². The van der Waals surface area contributed by atoms with Crippen LogP contribution >= 0.6 is 11.6 Å². The zero-order valence-electron chi connectivity index (χ0n) is 13.0. The van der Waals surface area contributed by atoms with Crippen LogP contribution in [0.4, 0.5) is 0 Å². The molecule has 4 atom stereocenters. The zero-order valence-corrected chi connectivity index (χ0v) is 13.8. The fourth-order valence-electron chi connectivity index (χ4n) is 4.24. The summed E-state index contributed by atoms with van der Waals surface area (Å²) in [6.45, 7) is 1.66. The van der Waals surface area contributed by atoms with E-state index in [4.69, 9.17) is 11.6 Å². The molecule has 4 unspecified atom stereocenters. The van der Waals surface area contributed by atoms with Crippen LogP contribution in [-0.4, -0.2) is 40.4 Å². The maximum absolute atomic E-state index is 10.7. The van der Waals surface area contributed by atoms with Gasteiger partial charge in [-0.3, -0.25) is 4.68 Å². The summed E-state index contributed by atoms with van der Waals surface area (Å²) in [5, 5.41) is 15.6. The summed E-state index contributed by atoms with van der Waals surface area (Å²) in [6.07, 6.45) is 7.46. The summed E-state index contributed by atoms with van der Waals surface area (Å²) >= 11 is 6.26. The highest BCUT2D eigenvalue weighted by atomic mass is 35.5. The van der Waals surface area contributed by atoms with Crippen molar-refractivity contribution in [2.45, 2.75) is 44.8 Å². The molecule has 0 aliphatic heterocycles. The van der Waals surface area contributed by atoms with Gasteiger partial charge in [-0.2, -0.15) is 5.10 Å². The second kappa shape index (κ2) is 6.27. The van der Waals surface area contributed by atoms with E-state index in [1.807, 2.05) is 18.8 Å². The van der Waals surface area contributed by atoms with Crippen molar-refractivity contribution in [3.05, 3.63) is 16.9 Å². The molecule has 2 aliphatic carbocycles. The molecule has 0 radical (unpaired) electrons. The average Bonchev–Trinajstić information content (AvgIpc) is 3.11. The van der Waals surface area contributed by atoms with Crippen LogP contribution in [0, 0.1) is 17.8 Å². The molecule has 1 heterocycles. The molecule has 0 aromatic carbocycles. The lowest BCUT2D eigenvalue weighted by Crippen LogP contribution is -2.22. The summed E-state index contributed by atoms with van der Waals surface area (Å²) in [4.78, 5) is 2.11. The molecule has 2 saturated carbocycles. The van der Waals surface area contributed by atoms with Crippen LogP contribution in [0.3, 0.4) is 0 Å². The Bertz CT molecular complexity index is 488. The summed E-state index contributed by atoms with van der Waals surface area (Å²) in [5.41, 5.74) is 0.807. The maximum atomic E-state index is 10.7. The van der Waals surface area contributed by atoms with Crippen molar-refractivity contribution in [3.63, 3.8) is 0 Å². The van der Waals surface area contributed by atoms with Gasteiger partial charge in [0.1, 0.15) is 0 Å². The Morgan fingerprint density at radius 3 is 2.86 bits per heavy atom. The van der Waals surface area contributed by atoms with E-state index in [2.05, 4.69) is 10.00 Å². The third-order valence-corrected chi connectivity index (χ3v) is 5.61. The molecular formula is C16H26ClN3O. The van der Waals surface area contributed by atoms with E-state index in [9.17, 15) is 5.11 Å². The highest BCUT2D eigenvalue weighted by molar-refractivity contribution is 6.31. The molecule has 1 N–H and O–H groups in total. The number of likely N-dealkylation sites (N-methyl/N-ethyl adjacent to an activating group) is 1. The Hall–Kier alpha value is -0.580. The minimum absolute atomic E-state index is 0.480. The number of hydrogen-bond donors (Lipinski definition) is 1. The van der Waals surface area contributed by atoms with Gasteiger partial charge in [0.25, 0.3) is 0 Å². The van der Waals surface area contributed by atoms with E-state index in [1.54, 1.807) is 6.20 Å². The van der Waals surface area contributed by atoms with E-state index in [0.717, 1.165) is 37.0 Å². The lowest BCUT2D eigenvalue weighted by atomic mass is 9.84. The number of aliphatic hydroxyl groups excluding tert-OH is 1. The number of hydrogen-bond acceptors (Lipinski definition) is 3. The van der Waals surface area contributed by atoms with Crippen LogP contribution in [-0.2, 0) is 6.54 Å². The summed E-state index contributed by atoms with van der Waals surface area (Å²) in [5.74, 6) is 2.43. The van der Waals surface area contributed by atoms with Crippen molar-refractivity contribution in [1.82, 2.24) is 14.7 Å². The highest BCUT2D eigenvalue weighted by Gasteiger charge is 2.40. The second-order valence-corrected chi connectivity index (χ2v) is 7.50. The van der Waals surface area contributed by atoms with Gasteiger partial charge in [-0.05, 0) is 57.5 Å². The Morgan fingerprint density at radius 1 is 1.43 bits per heavy atom. The van der Waals surface area contributed by atoms with Crippen molar-refractivity contribution in [2.24, 2.45) is 17.8 Å². The fraction of sp³-hybridized carbons (Fsp3) is 0.812. The number of nitrogens with zero attached hydrogens (tertiary/aromatic N) is 3. The van der Waals surface area contributed by atoms with Gasteiger partial charge >= 0.3 is 0 Å². The molecule has 0 saturated heterocycles.